The van der Waals surface area contributed by atoms with E-state index in [1.54, 1.807) is 6.20 Å². The van der Waals surface area contributed by atoms with Crippen molar-refractivity contribution >= 4 is 18.1 Å². The number of aromatic nitrogens is 2. The molecule has 0 spiro atoms. The van der Waals surface area contributed by atoms with Crippen LogP contribution in [-0.4, -0.2) is 33.4 Å². The van der Waals surface area contributed by atoms with Crippen molar-refractivity contribution in [1.29, 1.82) is 0 Å². The predicted molar refractivity (Wildman–Crippen MR) is 85.3 cm³/mol. The number of amides is 1. The molecule has 4 nitrogen and oxygen atoms in total. The Morgan fingerprint density at radius 1 is 1.29 bits per heavy atom. The summed E-state index contributed by atoms with van der Waals surface area (Å²) >= 11 is 5.20. The third kappa shape index (κ3) is 2.78. The molecular formula is C16H19N3OS. The summed E-state index contributed by atoms with van der Waals surface area (Å²) in [5, 5.41) is 0. The maximum absolute atomic E-state index is 12.5. The van der Waals surface area contributed by atoms with Crippen LogP contribution < -0.4 is 0 Å². The molecule has 1 aromatic heterocycles. The van der Waals surface area contributed by atoms with E-state index >= 15 is 0 Å². The summed E-state index contributed by atoms with van der Waals surface area (Å²) in [6.45, 7) is 0. The topological polar surface area (TPSA) is 41.0 Å². The molecule has 1 amide bonds. The monoisotopic (exact) mass is 301 g/mol. The quantitative estimate of drug-likeness (QED) is 0.881. The largest absolute Gasteiger partial charge is 0.339 e. The third-order valence-corrected chi connectivity index (χ3v) is 4.55. The van der Waals surface area contributed by atoms with E-state index in [1.165, 1.54) is 12.8 Å². The maximum atomic E-state index is 12.5. The minimum absolute atomic E-state index is 0.103. The lowest BCUT2D eigenvalue weighted by Gasteiger charge is -2.24. The fraction of sp³-hybridized carbons (Fsp3) is 0.375. The van der Waals surface area contributed by atoms with E-state index in [4.69, 9.17) is 12.2 Å². The van der Waals surface area contributed by atoms with Crippen LogP contribution in [0.4, 0.5) is 0 Å². The first-order chi connectivity index (χ1) is 10.2. The zero-order chi connectivity index (χ0) is 14.8. The number of aromatic amines is 1. The van der Waals surface area contributed by atoms with E-state index in [2.05, 4.69) is 4.98 Å². The molecule has 1 aromatic carbocycles. The smallest absolute Gasteiger partial charge is 0.253 e. The molecule has 0 radical (unpaired) electrons. The lowest BCUT2D eigenvalue weighted by atomic mass is 10.1. The Morgan fingerprint density at radius 3 is 2.52 bits per heavy atom. The molecule has 1 fully saturated rings. The van der Waals surface area contributed by atoms with E-state index < -0.39 is 0 Å². The van der Waals surface area contributed by atoms with Gasteiger partial charge in [-0.05, 0) is 49.3 Å². The molecule has 1 saturated carbocycles. The van der Waals surface area contributed by atoms with Crippen molar-refractivity contribution in [3.8, 4) is 5.69 Å². The van der Waals surface area contributed by atoms with Crippen LogP contribution in [0.15, 0.2) is 36.7 Å². The van der Waals surface area contributed by atoms with Gasteiger partial charge in [0.1, 0.15) is 0 Å². The second-order valence-corrected chi connectivity index (χ2v) is 5.92. The van der Waals surface area contributed by atoms with E-state index in [0.29, 0.717) is 10.8 Å². The Bertz CT molecular complexity index is 680. The first kappa shape index (κ1) is 14.1. The fourth-order valence-electron chi connectivity index (χ4n) is 2.95. The minimum Gasteiger partial charge on any atom is -0.339 e. The molecule has 21 heavy (non-hydrogen) atoms. The van der Waals surface area contributed by atoms with Gasteiger partial charge in [-0.15, -0.1) is 0 Å². The van der Waals surface area contributed by atoms with Crippen LogP contribution in [0.2, 0.25) is 0 Å². The number of hydrogen-bond donors (Lipinski definition) is 1. The molecule has 1 N–H and O–H groups in total. The molecular weight excluding hydrogens is 282 g/mol. The molecule has 0 unspecified atom stereocenters. The lowest BCUT2D eigenvalue weighted by molar-refractivity contribution is 0.0735. The van der Waals surface area contributed by atoms with Gasteiger partial charge >= 0.3 is 0 Å². The summed E-state index contributed by atoms with van der Waals surface area (Å²) < 4.78 is 2.53. The maximum Gasteiger partial charge on any atom is 0.253 e. The number of H-pyrrole nitrogens is 1. The highest BCUT2D eigenvalue weighted by Crippen LogP contribution is 2.24. The molecule has 2 aromatic rings. The molecule has 0 saturated heterocycles. The number of imidazole rings is 1. The zero-order valence-electron chi connectivity index (χ0n) is 12.1. The molecule has 0 atom stereocenters. The van der Waals surface area contributed by atoms with Crippen molar-refractivity contribution in [3.63, 3.8) is 0 Å². The number of nitrogens with zero attached hydrogens (tertiary/aromatic N) is 2. The van der Waals surface area contributed by atoms with Crippen molar-refractivity contribution in [3.05, 3.63) is 47.0 Å². The highest BCUT2D eigenvalue weighted by Gasteiger charge is 2.24. The van der Waals surface area contributed by atoms with Crippen molar-refractivity contribution in [2.45, 2.75) is 31.7 Å². The second kappa shape index (κ2) is 5.85. The van der Waals surface area contributed by atoms with Gasteiger partial charge in [0, 0.05) is 36.7 Å². The first-order valence-electron chi connectivity index (χ1n) is 7.30. The SMILES string of the molecule is CN(C(=O)c1ccc(-n2cc[nH]c2=S)cc1)C1CCCC1. The average molecular weight is 301 g/mol. The molecule has 110 valence electrons. The molecule has 0 aliphatic heterocycles. The first-order valence-corrected chi connectivity index (χ1v) is 7.71. The third-order valence-electron chi connectivity index (χ3n) is 4.23. The van der Waals surface area contributed by atoms with Gasteiger partial charge in [0.25, 0.3) is 5.91 Å². The van der Waals surface area contributed by atoms with E-state index in [-0.39, 0.29) is 5.91 Å². The van der Waals surface area contributed by atoms with Crippen LogP contribution in [-0.2, 0) is 0 Å². The number of carbonyl (C=O) groups excluding carboxylic acids is 1. The molecule has 3 rings (SSSR count). The fourth-order valence-corrected chi connectivity index (χ4v) is 3.18. The Morgan fingerprint density at radius 2 is 1.95 bits per heavy atom. The van der Waals surface area contributed by atoms with Gasteiger partial charge in [-0.25, -0.2) is 0 Å². The van der Waals surface area contributed by atoms with E-state index in [1.807, 2.05) is 47.0 Å². The standard InChI is InChI=1S/C16H19N3OS/c1-18(13-4-2-3-5-13)15(20)12-6-8-14(9-7-12)19-11-10-17-16(19)21/h6-11,13H,2-5H2,1H3,(H,17,21). The number of hydrogen-bond acceptors (Lipinski definition) is 2. The number of nitrogens with one attached hydrogen (secondary N) is 1. The summed E-state index contributed by atoms with van der Waals surface area (Å²) in [5.74, 6) is 0.103. The lowest BCUT2D eigenvalue weighted by Crippen LogP contribution is -2.35. The van der Waals surface area contributed by atoms with Crippen LogP contribution in [0.25, 0.3) is 5.69 Å². The highest BCUT2D eigenvalue weighted by molar-refractivity contribution is 7.71. The average Bonchev–Trinajstić information content (AvgIpc) is 3.17. The molecule has 1 aliphatic carbocycles. The van der Waals surface area contributed by atoms with Crippen LogP contribution in [0.3, 0.4) is 0 Å². The summed E-state index contributed by atoms with van der Waals surface area (Å²) in [7, 11) is 1.91. The summed E-state index contributed by atoms with van der Waals surface area (Å²) in [6, 6.07) is 8.00. The Hall–Kier alpha value is -1.88. The van der Waals surface area contributed by atoms with Gasteiger partial charge in [0.2, 0.25) is 0 Å². The van der Waals surface area contributed by atoms with Crippen molar-refractivity contribution in [2.24, 2.45) is 0 Å². The Balaban J connectivity index is 1.79. The van der Waals surface area contributed by atoms with Gasteiger partial charge in [0.05, 0.1) is 0 Å². The number of carbonyl (C=O) groups is 1. The van der Waals surface area contributed by atoms with Crippen molar-refractivity contribution < 1.29 is 4.79 Å². The van der Waals surface area contributed by atoms with Gasteiger partial charge in [-0.2, -0.15) is 0 Å². The second-order valence-electron chi connectivity index (χ2n) is 5.54. The molecule has 5 heteroatoms. The van der Waals surface area contributed by atoms with E-state index in [0.717, 1.165) is 24.1 Å². The normalized spacial score (nSPS) is 15.3. The predicted octanol–water partition coefficient (Wildman–Crippen LogP) is 3.55. The van der Waals surface area contributed by atoms with Crippen molar-refractivity contribution in [1.82, 2.24) is 14.5 Å². The summed E-state index contributed by atoms with van der Waals surface area (Å²) in [4.78, 5) is 17.3. The number of benzene rings is 1. The van der Waals surface area contributed by atoms with Crippen molar-refractivity contribution in [2.75, 3.05) is 7.05 Å². The Labute approximate surface area is 129 Å². The van der Waals surface area contributed by atoms with Crippen LogP contribution >= 0.6 is 12.2 Å². The van der Waals surface area contributed by atoms with Crippen LogP contribution in [0.1, 0.15) is 36.0 Å². The minimum atomic E-state index is 0.103. The van der Waals surface area contributed by atoms with Crippen LogP contribution in [0, 0.1) is 4.77 Å². The van der Waals surface area contributed by atoms with Gasteiger partial charge in [-0.3, -0.25) is 9.36 Å². The summed E-state index contributed by atoms with van der Waals surface area (Å²) in [5.41, 5.74) is 1.69. The highest BCUT2D eigenvalue weighted by atomic mass is 32.1. The van der Waals surface area contributed by atoms with Gasteiger partial charge < -0.3 is 9.88 Å². The van der Waals surface area contributed by atoms with Gasteiger partial charge in [0.15, 0.2) is 4.77 Å². The Kier molecular flexibility index (Phi) is 3.92. The van der Waals surface area contributed by atoms with Gasteiger partial charge in [-0.1, -0.05) is 12.8 Å². The molecule has 0 bridgehead atoms. The number of rotatable bonds is 3. The zero-order valence-corrected chi connectivity index (χ0v) is 12.9. The van der Waals surface area contributed by atoms with E-state index in [9.17, 15) is 4.79 Å². The summed E-state index contributed by atoms with van der Waals surface area (Å²) in [6.07, 6.45) is 8.39. The van der Waals surface area contributed by atoms with Crippen LogP contribution in [0.5, 0.6) is 0 Å². The molecule has 1 heterocycles. The molecule has 1 aliphatic rings.